The molecule has 0 radical (unpaired) electrons. The van der Waals surface area contributed by atoms with E-state index in [9.17, 15) is 4.21 Å². The SMILES string of the molecule is CC[C@H](CN1CCS(=O)CC1)c1ccccc1. The van der Waals surface area contributed by atoms with E-state index in [1.54, 1.807) is 0 Å². The third-order valence-electron chi connectivity index (χ3n) is 3.51. The van der Waals surface area contributed by atoms with Gasteiger partial charge in [-0.15, -0.1) is 0 Å². The van der Waals surface area contributed by atoms with Gasteiger partial charge in [-0.3, -0.25) is 4.21 Å². The monoisotopic (exact) mass is 251 g/mol. The van der Waals surface area contributed by atoms with Crippen LogP contribution < -0.4 is 0 Å². The van der Waals surface area contributed by atoms with Crippen molar-refractivity contribution in [1.29, 1.82) is 0 Å². The van der Waals surface area contributed by atoms with Crippen LogP contribution in [0, 0.1) is 0 Å². The third kappa shape index (κ3) is 3.65. The quantitative estimate of drug-likeness (QED) is 0.818. The number of hydrogen-bond donors (Lipinski definition) is 0. The van der Waals surface area contributed by atoms with E-state index in [1.165, 1.54) is 12.0 Å². The van der Waals surface area contributed by atoms with E-state index in [2.05, 4.69) is 42.2 Å². The summed E-state index contributed by atoms with van der Waals surface area (Å²) in [4.78, 5) is 2.46. The average Bonchev–Trinajstić information content (AvgIpc) is 2.39. The van der Waals surface area contributed by atoms with Gasteiger partial charge in [-0.1, -0.05) is 37.3 Å². The average molecular weight is 251 g/mol. The summed E-state index contributed by atoms with van der Waals surface area (Å²) in [5.41, 5.74) is 1.43. The molecule has 1 aromatic carbocycles. The lowest BCUT2D eigenvalue weighted by Gasteiger charge is -2.30. The molecule has 0 spiro atoms. The van der Waals surface area contributed by atoms with E-state index in [4.69, 9.17) is 0 Å². The predicted molar refractivity (Wildman–Crippen MR) is 73.8 cm³/mol. The molecule has 2 nitrogen and oxygen atoms in total. The lowest BCUT2D eigenvalue weighted by Crippen LogP contribution is -2.39. The van der Waals surface area contributed by atoms with Crippen LogP contribution in [0.1, 0.15) is 24.8 Å². The zero-order valence-corrected chi connectivity index (χ0v) is 11.3. The van der Waals surface area contributed by atoms with Crippen LogP contribution in [0.2, 0.25) is 0 Å². The molecular weight excluding hydrogens is 230 g/mol. The first-order chi connectivity index (χ1) is 8.29. The van der Waals surface area contributed by atoms with Gasteiger partial charge in [0.05, 0.1) is 0 Å². The van der Waals surface area contributed by atoms with Gasteiger partial charge in [-0.2, -0.15) is 0 Å². The van der Waals surface area contributed by atoms with Crippen molar-refractivity contribution in [3.05, 3.63) is 35.9 Å². The molecule has 1 saturated heterocycles. The Labute approximate surface area is 106 Å². The number of hydrogen-bond acceptors (Lipinski definition) is 2. The summed E-state index contributed by atoms with van der Waals surface area (Å²) in [5, 5.41) is 0. The smallest absolute Gasteiger partial charge is 0.0363 e. The Kier molecular flexibility index (Phi) is 4.75. The van der Waals surface area contributed by atoms with E-state index >= 15 is 0 Å². The van der Waals surface area contributed by atoms with Crippen molar-refractivity contribution >= 4 is 10.8 Å². The van der Waals surface area contributed by atoms with Crippen molar-refractivity contribution < 1.29 is 4.21 Å². The van der Waals surface area contributed by atoms with Gasteiger partial charge in [0.2, 0.25) is 0 Å². The minimum atomic E-state index is -0.564. The van der Waals surface area contributed by atoms with Crippen LogP contribution in [0.5, 0.6) is 0 Å². The second kappa shape index (κ2) is 6.31. The zero-order valence-electron chi connectivity index (χ0n) is 10.5. The van der Waals surface area contributed by atoms with Crippen LogP contribution in [0.25, 0.3) is 0 Å². The van der Waals surface area contributed by atoms with Crippen molar-refractivity contribution in [3.8, 4) is 0 Å². The van der Waals surface area contributed by atoms with Crippen molar-refractivity contribution in [3.63, 3.8) is 0 Å². The second-order valence-electron chi connectivity index (χ2n) is 4.66. The maximum atomic E-state index is 11.3. The van der Waals surface area contributed by atoms with Gasteiger partial charge in [-0.25, -0.2) is 0 Å². The largest absolute Gasteiger partial charge is 0.301 e. The molecular formula is C14H21NOS. The molecule has 0 unspecified atom stereocenters. The Bertz CT molecular complexity index is 356. The highest BCUT2D eigenvalue weighted by Gasteiger charge is 2.19. The summed E-state index contributed by atoms with van der Waals surface area (Å²) in [6, 6.07) is 10.7. The Morgan fingerprint density at radius 3 is 2.47 bits per heavy atom. The predicted octanol–water partition coefficient (Wildman–Crippen LogP) is 2.24. The third-order valence-corrected chi connectivity index (χ3v) is 4.79. The molecule has 17 heavy (non-hydrogen) atoms. The lowest BCUT2D eigenvalue weighted by molar-refractivity contribution is 0.276. The van der Waals surface area contributed by atoms with Gasteiger partial charge in [0.1, 0.15) is 0 Å². The Hall–Kier alpha value is -0.670. The highest BCUT2D eigenvalue weighted by Crippen LogP contribution is 2.21. The summed E-state index contributed by atoms with van der Waals surface area (Å²) in [5.74, 6) is 2.32. The van der Waals surface area contributed by atoms with Crippen molar-refractivity contribution in [1.82, 2.24) is 4.90 Å². The van der Waals surface area contributed by atoms with Crippen molar-refractivity contribution in [2.75, 3.05) is 31.1 Å². The molecule has 0 saturated carbocycles. The molecule has 1 aliphatic rings. The van der Waals surface area contributed by atoms with Crippen LogP contribution in [-0.2, 0) is 10.8 Å². The summed E-state index contributed by atoms with van der Waals surface area (Å²) in [6.45, 7) is 5.35. The van der Waals surface area contributed by atoms with Gasteiger partial charge < -0.3 is 4.90 Å². The fourth-order valence-corrected chi connectivity index (χ4v) is 3.49. The molecule has 0 aliphatic carbocycles. The zero-order chi connectivity index (χ0) is 12.1. The highest BCUT2D eigenvalue weighted by molar-refractivity contribution is 7.85. The molecule has 94 valence electrons. The van der Waals surface area contributed by atoms with E-state index in [0.717, 1.165) is 31.1 Å². The Balaban J connectivity index is 1.94. The summed E-state index contributed by atoms with van der Waals surface area (Å²) < 4.78 is 11.3. The van der Waals surface area contributed by atoms with Crippen LogP contribution in [0.4, 0.5) is 0 Å². The fraction of sp³-hybridized carbons (Fsp3) is 0.571. The van der Waals surface area contributed by atoms with Crippen LogP contribution in [-0.4, -0.2) is 40.2 Å². The molecule has 0 N–H and O–H groups in total. The van der Waals surface area contributed by atoms with E-state index in [1.807, 2.05) is 0 Å². The van der Waals surface area contributed by atoms with E-state index in [0.29, 0.717) is 5.92 Å². The number of benzene rings is 1. The van der Waals surface area contributed by atoms with Crippen LogP contribution >= 0.6 is 0 Å². The van der Waals surface area contributed by atoms with E-state index in [-0.39, 0.29) is 0 Å². The highest BCUT2D eigenvalue weighted by atomic mass is 32.2. The molecule has 3 heteroatoms. The lowest BCUT2D eigenvalue weighted by atomic mass is 9.96. The summed E-state index contributed by atoms with van der Waals surface area (Å²) in [6.07, 6.45) is 1.17. The van der Waals surface area contributed by atoms with E-state index < -0.39 is 10.8 Å². The number of rotatable bonds is 4. The first-order valence-corrected chi connectivity index (χ1v) is 7.90. The van der Waals surface area contributed by atoms with Gasteiger partial charge in [0, 0.05) is 41.9 Å². The topological polar surface area (TPSA) is 20.3 Å². The molecule has 1 aliphatic heterocycles. The van der Waals surface area contributed by atoms with Crippen molar-refractivity contribution in [2.45, 2.75) is 19.3 Å². The molecule has 1 atom stereocenters. The number of nitrogens with zero attached hydrogens (tertiary/aromatic N) is 1. The first kappa shape index (κ1) is 12.8. The van der Waals surface area contributed by atoms with Crippen LogP contribution in [0.15, 0.2) is 30.3 Å². The summed E-state index contributed by atoms with van der Waals surface area (Å²) in [7, 11) is -0.564. The second-order valence-corrected chi connectivity index (χ2v) is 6.36. The van der Waals surface area contributed by atoms with Gasteiger partial charge in [0.15, 0.2) is 0 Å². The Morgan fingerprint density at radius 2 is 1.88 bits per heavy atom. The molecule has 0 aromatic heterocycles. The van der Waals surface area contributed by atoms with Crippen molar-refractivity contribution in [2.24, 2.45) is 0 Å². The normalized spacial score (nSPS) is 20.3. The molecule has 1 aromatic rings. The molecule has 2 rings (SSSR count). The summed E-state index contributed by atoms with van der Waals surface area (Å²) >= 11 is 0. The van der Waals surface area contributed by atoms with Crippen LogP contribution in [0.3, 0.4) is 0 Å². The molecule has 1 heterocycles. The van der Waals surface area contributed by atoms with Gasteiger partial charge >= 0.3 is 0 Å². The maximum Gasteiger partial charge on any atom is 0.0363 e. The molecule has 0 bridgehead atoms. The van der Waals surface area contributed by atoms with Gasteiger partial charge in [-0.05, 0) is 17.9 Å². The maximum absolute atomic E-state index is 11.3. The minimum Gasteiger partial charge on any atom is -0.301 e. The molecule has 1 fully saturated rings. The molecule has 0 amide bonds. The first-order valence-electron chi connectivity index (χ1n) is 6.42. The Morgan fingerprint density at radius 1 is 1.24 bits per heavy atom. The minimum absolute atomic E-state index is 0.564. The standard InChI is InChI=1S/C14H21NOS/c1-2-13(14-6-4-3-5-7-14)12-15-8-10-17(16)11-9-15/h3-7,13H,2,8-12H2,1H3/t13-/m1/s1. The van der Waals surface area contributed by atoms with Gasteiger partial charge in [0.25, 0.3) is 0 Å². The fourth-order valence-electron chi connectivity index (χ4n) is 2.37.